The summed E-state index contributed by atoms with van der Waals surface area (Å²) in [6, 6.07) is 0.793. The van der Waals surface area contributed by atoms with Crippen LogP contribution >= 0.6 is 0 Å². The highest BCUT2D eigenvalue weighted by Crippen LogP contribution is 2.31. The van der Waals surface area contributed by atoms with Crippen LogP contribution in [-0.2, 0) is 4.79 Å². The molecule has 1 aliphatic rings. The fourth-order valence-corrected chi connectivity index (χ4v) is 1.97. The van der Waals surface area contributed by atoms with Crippen molar-refractivity contribution in [2.24, 2.45) is 11.8 Å². The van der Waals surface area contributed by atoms with Crippen LogP contribution in [0.5, 0.6) is 0 Å². The monoisotopic (exact) mass is 213 g/mol. The van der Waals surface area contributed by atoms with Gasteiger partial charge in [-0.3, -0.25) is 9.69 Å². The standard InChI is InChI=1S/C12H23NO2/c1-8(2)7-13(11-5-6-11)10(4)9(3)12(14)15/h8-11H,5-7H2,1-4H3,(H,14,15). The van der Waals surface area contributed by atoms with Gasteiger partial charge in [-0.2, -0.15) is 0 Å². The summed E-state index contributed by atoms with van der Waals surface area (Å²) in [5.74, 6) is -0.352. The minimum atomic E-state index is -0.683. The second kappa shape index (κ2) is 4.97. The van der Waals surface area contributed by atoms with Crippen LogP contribution in [0.15, 0.2) is 0 Å². The molecule has 1 rings (SSSR count). The lowest BCUT2D eigenvalue weighted by Gasteiger charge is -2.32. The number of carboxylic acid groups (broad SMARTS) is 1. The average Bonchev–Trinajstić information content (AvgIpc) is 2.94. The molecule has 3 heteroatoms. The van der Waals surface area contributed by atoms with E-state index in [9.17, 15) is 4.79 Å². The molecule has 0 aromatic rings. The Balaban J connectivity index is 2.58. The molecule has 88 valence electrons. The lowest BCUT2D eigenvalue weighted by molar-refractivity contribution is -0.143. The molecule has 1 N–H and O–H groups in total. The van der Waals surface area contributed by atoms with Crippen LogP contribution in [0.25, 0.3) is 0 Å². The van der Waals surface area contributed by atoms with Crippen molar-refractivity contribution in [1.82, 2.24) is 4.90 Å². The molecule has 0 spiro atoms. The topological polar surface area (TPSA) is 40.5 Å². The highest BCUT2D eigenvalue weighted by atomic mass is 16.4. The van der Waals surface area contributed by atoms with E-state index in [0.717, 1.165) is 6.54 Å². The van der Waals surface area contributed by atoms with Gasteiger partial charge >= 0.3 is 5.97 Å². The zero-order chi connectivity index (χ0) is 11.6. The maximum Gasteiger partial charge on any atom is 0.307 e. The number of carboxylic acids is 1. The van der Waals surface area contributed by atoms with Gasteiger partial charge in [0, 0.05) is 18.6 Å². The number of nitrogens with zero attached hydrogens (tertiary/aromatic N) is 1. The smallest absolute Gasteiger partial charge is 0.307 e. The largest absolute Gasteiger partial charge is 0.481 e. The Bertz CT molecular complexity index is 224. The maximum atomic E-state index is 10.9. The molecule has 2 atom stereocenters. The van der Waals surface area contributed by atoms with Gasteiger partial charge in [0.05, 0.1) is 5.92 Å². The molecular weight excluding hydrogens is 190 g/mol. The molecule has 0 radical (unpaired) electrons. The SMILES string of the molecule is CC(C)CN(C1CC1)C(C)C(C)C(=O)O. The molecular formula is C12H23NO2. The van der Waals surface area contributed by atoms with Gasteiger partial charge in [0.1, 0.15) is 0 Å². The van der Waals surface area contributed by atoms with Crippen molar-refractivity contribution >= 4 is 5.97 Å². The van der Waals surface area contributed by atoms with Crippen molar-refractivity contribution in [3.05, 3.63) is 0 Å². The highest BCUT2D eigenvalue weighted by Gasteiger charge is 2.35. The molecule has 0 heterocycles. The first-order valence-electron chi connectivity index (χ1n) is 5.92. The summed E-state index contributed by atoms with van der Waals surface area (Å²) in [4.78, 5) is 13.3. The summed E-state index contributed by atoms with van der Waals surface area (Å²) >= 11 is 0. The van der Waals surface area contributed by atoms with Crippen molar-refractivity contribution in [3.8, 4) is 0 Å². The van der Waals surface area contributed by atoms with Crippen LogP contribution in [0.1, 0.15) is 40.5 Å². The second-order valence-electron chi connectivity index (χ2n) is 5.19. The Morgan fingerprint density at radius 2 is 1.87 bits per heavy atom. The number of hydrogen-bond donors (Lipinski definition) is 1. The van der Waals surface area contributed by atoms with Gasteiger partial charge in [0.2, 0.25) is 0 Å². The van der Waals surface area contributed by atoms with E-state index in [2.05, 4.69) is 18.7 Å². The molecule has 1 fully saturated rings. The summed E-state index contributed by atoms with van der Waals surface area (Å²) in [6.45, 7) is 9.24. The number of hydrogen-bond acceptors (Lipinski definition) is 2. The summed E-state index contributed by atoms with van der Waals surface area (Å²) in [5, 5.41) is 9.01. The van der Waals surface area contributed by atoms with Gasteiger partial charge in [0.25, 0.3) is 0 Å². The predicted molar refractivity (Wildman–Crippen MR) is 60.8 cm³/mol. The maximum absolute atomic E-state index is 10.9. The Labute approximate surface area is 92.5 Å². The summed E-state index contributed by atoms with van der Waals surface area (Å²) in [7, 11) is 0. The predicted octanol–water partition coefficient (Wildman–Crippen LogP) is 2.22. The van der Waals surface area contributed by atoms with E-state index in [-0.39, 0.29) is 12.0 Å². The minimum absolute atomic E-state index is 0.150. The molecule has 0 aromatic heterocycles. The van der Waals surface area contributed by atoms with E-state index in [4.69, 9.17) is 5.11 Å². The quantitative estimate of drug-likeness (QED) is 0.735. The van der Waals surface area contributed by atoms with E-state index in [1.165, 1.54) is 12.8 Å². The van der Waals surface area contributed by atoms with E-state index in [1.54, 1.807) is 0 Å². The number of carbonyl (C=O) groups is 1. The lowest BCUT2D eigenvalue weighted by Crippen LogP contribution is -2.43. The van der Waals surface area contributed by atoms with E-state index >= 15 is 0 Å². The van der Waals surface area contributed by atoms with Crippen LogP contribution in [0.3, 0.4) is 0 Å². The Kier molecular flexibility index (Phi) is 4.14. The van der Waals surface area contributed by atoms with Crippen LogP contribution < -0.4 is 0 Å². The first-order chi connectivity index (χ1) is 6.93. The van der Waals surface area contributed by atoms with Crippen molar-refractivity contribution in [1.29, 1.82) is 0 Å². The third-order valence-electron chi connectivity index (χ3n) is 3.23. The molecule has 1 saturated carbocycles. The third-order valence-corrected chi connectivity index (χ3v) is 3.23. The molecule has 2 unspecified atom stereocenters. The first kappa shape index (κ1) is 12.5. The van der Waals surface area contributed by atoms with Crippen molar-refractivity contribution in [3.63, 3.8) is 0 Å². The first-order valence-corrected chi connectivity index (χ1v) is 5.92. The van der Waals surface area contributed by atoms with E-state index in [0.29, 0.717) is 12.0 Å². The molecule has 0 aliphatic heterocycles. The molecule has 15 heavy (non-hydrogen) atoms. The molecule has 1 aliphatic carbocycles. The van der Waals surface area contributed by atoms with Gasteiger partial charge in [-0.1, -0.05) is 20.8 Å². The average molecular weight is 213 g/mol. The second-order valence-corrected chi connectivity index (χ2v) is 5.19. The Morgan fingerprint density at radius 1 is 1.33 bits per heavy atom. The normalized spacial score (nSPS) is 20.7. The highest BCUT2D eigenvalue weighted by molar-refractivity contribution is 5.70. The van der Waals surface area contributed by atoms with Crippen molar-refractivity contribution in [2.45, 2.75) is 52.6 Å². The molecule has 0 aromatic carbocycles. The van der Waals surface area contributed by atoms with Gasteiger partial charge in [0.15, 0.2) is 0 Å². The van der Waals surface area contributed by atoms with Crippen LogP contribution in [-0.4, -0.2) is 34.6 Å². The van der Waals surface area contributed by atoms with Gasteiger partial charge in [-0.05, 0) is 25.7 Å². The van der Waals surface area contributed by atoms with E-state index in [1.807, 2.05) is 13.8 Å². The van der Waals surface area contributed by atoms with Gasteiger partial charge in [-0.25, -0.2) is 0 Å². The summed E-state index contributed by atoms with van der Waals surface area (Å²) < 4.78 is 0. The lowest BCUT2D eigenvalue weighted by atomic mass is 10.0. The fraction of sp³-hybridized carbons (Fsp3) is 0.917. The Hall–Kier alpha value is -0.570. The van der Waals surface area contributed by atoms with Crippen molar-refractivity contribution in [2.75, 3.05) is 6.54 Å². The summed E-state index contributed by atoms with van der Waals surface area (Å²) in [6.07, 6.45) is 2.48. The Morgan fingerprint density at radius 3 is 2.20 bits per heavy atom. The van der Waals surface area contributed by atoms with Crippen LogP contribution in [0.2, 0.25) is 0 Å². The van der Waals surface area contributed by atoms with Crippen molar-refractivity contribution < 1.29 is 9.90 Å². The van der Waals surface area contributed by atoms with Gasteiger partial charge in [-0.15, -0.1) is 0 Å². The number of aliphatic carboxylic acids is 1. The zero-order valence-electron chi connectivity index (χ0n) is 10.2. The molecule has 3 nitrogen and oxygen atoms in total. The van der Waals surface area contributed by atoms with Gasteiger partial charge < -0.3 is 5.11 Å². The molecule has 0 bridgehead atoms. The molecule has 0 amide bonds. The fourth-order valence-electron chi connectivity index (χ4n) is 1.97. The third kappa shape index (κ3) is 3.49. The van der Waals surface area contributed by atoms with E-state index < -0.39 is 5.97 Å². The zero-order valence-corrected chi connectivity index (χ0v) is 10.2. The number of rotatable bonds is 6. The van der Waals surface area contributed by atoms with Crippen LogP contribution in [0, 0.1) is 11.8 Å². The molecule has 0 saturated heterocycles. The van der Waals surface area contributed by atoms with Crippen LogP contribution in [0.4, 0.5) is 0 Å². The minimum Gasteiger partial charge on any atom is -0.481 e. The summed E-state index contributed by atoms with van der Waals surface area (Å²) in [5.41, 5.74) is 0.